The van der Waals surface area contributed by atoms with Crippen molar-refractivity contribution in [2.75, 3.05) is 11.4 Å². The Bertz CT molecular complexity index is 547. The Hall–Kier alpha value is -1.39. The molecule has 0 spiro atoms. The molecular formula is C14H17N3S. The third-order valence-electron chi connectivity index (χ3n) is 3.43. The first-order chi connectivity index (χ1) is 8.74. The summed E-state index contributed by atoms with van der Waals surface area (Å²) in [4.78, 5) is 8.33. The Labute approximate surface area is 111 Å². The number of thiophene rings is 1. The second-order valence-electron chi connectivity index (χ2n) is 4.78. The van der Waals surface area contributed by atoms with Gasteiger partial charge in [0.05, 0.1) is 0 Å². The smallest absolute Gasteiger partial charge is 0.129 e. The fourth-order valence-corrected chi connectivity index (χ4v) is 3.22. The van der Waals surface area contributed by atoms with Crippen LogP contribution in [0, 0.1) is 0 Å². The molecule has 1 atom stereocenters. The minimum Gasteiger partial charge on any atom is -0.352 e. The summed E-state index contributed by atoms with van der Waals surface area (Å²) < 4.78 is 0. The standard InChI is InChI=1S/C14H17N3S/c1-10(15)11-2-5-16-14(8-11)17-6-3-13-12(9-17)4-7-18-13/h2,4-5,7-8,10H,3,6,9,15H2,1H3. The Balaban J connectivity index is 1.86. The quantitative estimate of drug-likeness (QED) is 0.901. The maximum atomic E-state index is 5.93. The van der Waals surface area contributed by atoms with E-state index in [-0.39, 0.29) is 6.04 Å². The van der Waals surface area contributed by atoms with Crippen molar-refractivity contribution in [2.24, 2.45) is 5.73 Å². The molecule has 2 aromatic heterocycles. The van der Waals surface area contributed by atoms with Gasteiger partial charge in [0, 0.05) is 30.2 Å². The lowest BCUT2D eigenvalue weighted by atomic mass is 10.1. The molecule has 0 saturated carbocycles. The largest absolute Gasteiger partial charge is 0.352 e. The monoisotopic (exact) mass is 259 g/mol. The van der Waals surface area contributed by atoms with E-state index < -0.39 is 0 Å². The molecule has 1 aliphatic rings. The summed E-state index contributed by atoms with van der Waals surface area (Å²) in [5.41, 5.74) is 8.52. The van der Waals surface area contributed by atoms with E-state index in [4.69, 9.17) is 5.73 Å². The summed E-state index contributed by atoms with van der Waals surface area (Å²) in [6.45, 7) is 4.02. The number of pyridine rings is 1. The van der Waals surface area contributed by atoms with E-state index >= 15 is 0 Å². The first kappa shape index (κ1) is 11.7. The molecule has 3 rings (SSSR count). The van der Waals surface area contributed by atoms with Crippen molar-refractivity contribution in [3.05, 3.63) is 45.8 Å². The van der Waals surface area contributed by atoms with Crippen LogP contribution in [0.4, 0.5) is 5.82 Å². The molecule has 0 fully saturated rings. The Morgan fingerprint density at radius 1 is 1.44 bits per heavy atom. The molecule has 2 aromatic rings. The van der Waals surface area contributed by atoms with Crippen LogP contribution in [0.15, 0.2) is 29.8 Å². The van der Waals surface area contributed by atoms with E-state index in [0.717, 1.165) is 30.9 Å². The van der Waals surface area contributed by atoms with Crippen LogP contribution in [0.3, 0.4) is 0 Å². The zero-order chi connectivity index (χ0) is 12.5. The summed E-state index contributed by atoms with van der Waals surface area (Å²) in [7, 11) is 0. The van der Waals surface area contributed by atoms with Gasteiger partial charge in [-0.05, 0) is 48.1 Å². The van der Waals surface area contributed by atoms with Gasteiger partial charge in [0.1, 0.15) is 5.82 Å². The number of hydrogen-bond donors (Lipinski definition) is 1. The molecule has 0 aliphatic carbocycles. The maximum absolute atomic E-state index is 5.93. The van der Waals surface area contributed by atoms with Gasteiger partial charge in [-0.3, -0.25) is 0 Å². The van der Waals surface area contributed by atoms with Gasteiger partial charge in [-0.2, -0.15) is 0 Å². The van der Waals surface area contributed by atoms with Crippen LogP contribution in [0.5, 0.6) is 0 Å². The summed E-state index contributed by atoms with van der Waals surface area (Å²) >= 11 is 1.86. The van der Waals surface area contributed by atoms with E-state index in [1.54, 1.807) is 0 Å². The number of nitrogens with two attached hydrogens (primary N) is 1. The number of nitrogens with zero attached hydrogens (tertiary/aromatic N) is 2. The summed E-state index contributed by atoms with van der Waals surface area (Å²) in [6.07, 6.45) is 2.98. The number of aromatic nitrogens is 1. The normalized spacial score (nSPS) is 16.4. The van der Waals surface area contributed by atoms with Crippen molar-refractivity contribution in [3.8, 4) is 0 Å². The highest BCUT2D eigenvalue weighted by Gasteiger charge is 2.18. The van der Waals surface area contributed by atoms with Crippen molar-refractivity contribution in [1.82, 2.24) is 4.98 Å². The highest BCUT2D eigenvalue weighted by atomic mass is 32.1. The molecule has 2 N–H and O–H groups in total. The molecule has 1 unspecified atom stereocenters. The van der Waals surface area contributed by atoms with Gasteiger partial charge < -0.3 is 10.6 Å². The first-order valence-corrected chi connectivity index (χ1v) is 7.14. The molecule has 94 valence electrons. The average Bonchev–Trinajstić information content (AvgIpc) is 2.86. The van der Waals surface area contributed by atoms with Crippen molar-refractivity contribution in [3.63, 3.8) is 0 Å². The Kier molecular flexibility index (Phi) is 3.06. The van der Waals surface area contributed by atoms with Crippen LogP contribution in [-0.2, 0) is 13.0 Å². The molecule has 1 aliphatic heterocycles. The van der Waals surface area contributed by atoms with Gasteiger partial charge in [0.25, 0.3) is 0 Å². The predicted octanol–water partition coefficient (Wildman–Crippen LogP) is 2.73. The molecule has 0 bridgehead atoms. The second kappa shape index (κ2) is 4.71. The number of fused-ring (bicyclic) bond motifs is 1. The highest BCUT2D eigenvalue weighted by Crippen LogP contribution is 2.27. The first-order valence-electron chi connectivity index (χ1n) is 6.26. The maximum Gasteiger partial charge on any atom is 0.129 e. The zero-order valence-corrected chi connectivity index (χ0v) is 11.3. The number of hydrogen-bond acceptors (Lipinski definition) is 4. The Morgan fingerprint density at radius 3 is 3.17 bits per heavy atom. The molecular weight excluding hydrogens is 242 g/mol. The van der Waals surface area contributed by atoms with Crippen LogP contribution in [0.1, 0.15) is 29.0 Å². The molecule has 3 heterocycles. The van der Waals surface area contributed by atoms with Gasteiger partial charge >= 0.3 is 0 Å². The van der Waals surface area contributed by atoms with E-state index in [0.29, 0.717) is 0 Å². The molecule has 4 heteroatoms. The van der Waals surface area contributed by atoms with Crippen LogP contribution in [0.25, 0.3) is 0 Å². The minimum atomic E-state index is 0.0632. The fourth-order valence-electron chi connectivity index (χ4n) is 2.33. The lowest BCUT2D eigenvalue weighted by Gasteiger charge is -2.28. The average molecular weight is 259 g/mol. The molecule has 0 aromatic carbocycles. The SMILES string of the molecule is CC(N)c1ccnc(N2CCc3sccc3C2)c1. The number of anilines is 1. The van der Waals surface area contributed by atoms with E-state index in [9.17, 15) is 0 Å². The molecule has 0 amide bonds. The van der Waals surface area contributed by atoms with Crippen molar-refractivity contribution >= 4 is 17.2 Å². The molecule has 0 saturated heterocycles. The van der Waals surface area contributed by atoms with Crippen LogP contribution in [-0.4, -0.2) is 11.5 Å². The lowest BCUT2D eigenvalue weighted by molar-refractivity contribution is 0.727. The summed E-state index contributed by atoms with van der Waals surface area (Å²) in [6, 6.07) is 6.39. The predicted molar refractivity (Wildman–Crippen MR) is 75.9 cm³/mol. The van der Waals surface area contributed by atoms with Gasteiger partial charge in [-0.1, -0.05) is 0 Å². The van der Waals surface area contributed by atoms with Gasteiger partial charge in [0.15, 0.2) is 0 Å². The third kappa shape index (κ3) is 2.13. The zero-order valence-electron chi connectivity index (χ0n) is 10.5. The van der Waals surface area contributed by atoms with Gasteiger partial charge in [-0.15, -0.1) is 11.3 Å². The summed E-state index contributed by atoms with van der Waals surface area (Å²) in [5, 5.41) is 2.18. The topological polar surface area (TPSA) is 42.1 Å². The van der Waals surface area contributed by atoms with Gasteiger partial charge in [-0.25, -0.2) is 4.98 Å². The second-order valence-corrected chi connectivity index (χ2v) is 5.78. The third-order valence-corrected chi connectivity index (χ3v) is 4.45. The van der Waals surface area contributed by atoms with Crippen molar-refractivity contribution in [2.45, 2.75) is 25.9 Å². The molecule has 0 radical (unpaired) electrons. The highest BCUT2D eigenvalue weighted by molar-refractivity contribution is 7.10. The van der Waals surface area contributed by atoms with E-state index in [1.807, 2.05) is 30.5 Å². The van der Waals surface area contributed by atoms with Crippen molar-refractivity contribution in [1.29, 1.82) is 0 Å². The van der Waals surface area contributed by atoms with Crippen LogP contribution in [0.2, 0.25) is 0 Å². The lowest BCUT2D eigenvalue weighted by Crippen LogP contribution is -2.30. The fraction of sp³-hybridized carbons (Fsp3) is 0.357. The number of rotatable bonds is 2. The molecule has 3 nitrogen and oxygen atoms in total. The van der Waals surface area contributed by atoms with Crippen LogP contribution < -0.4 is 10.6 Å². The van der Waals surface area contributed by atoms with Gasteiger partial charge in [0.2, 0.25) is 0 Å². The minimum absolute atomic E-state index is 0.0632. The van der Waals surface area contributed by atoms with Crippen molar-refractivity contribution < 1.29 is 0 Å². The van der Waals surface area contributed by atoms with E-state index in [2.05, 4.69) is 27.4 Å². The summed E-state index contributed by atoms with van der Waals surface area (Å²) in [5.74, 6) is 1.04. The van der Waals surface area contributed by atoms with E-state index in [1.165, 1.54) is 10.4 Å². The van der Waals surface area contributed by atoms with Crippen LogP contribution >= 0.6 is 11.3 Å². The molecule has 18 heavy (non-hydrogen) atoms. The Morgan fingerprint density at radius 2 is 2.33 bits per heavy atom.